The van der Waals surface area contributed by atoms with Gasteiger partial charge in [-0.3, -0.25) is 4.79 Å². The fourth-order valence-electron chi connectivity index (χ4n) is 5.10. The zero-order chi connectivity index (χ0) is 21.0. The van der Waals surface area contributed by atoms with Crippen molar-refractivity contribution in [2.24, 2.45) is 17.8 Å². The first kappa shape index (κ1) is 19.2. The lowest BCUT2D eigenvalue weighted by Crippen LogP contribution is -2.39. The van der Waals surface area contributed by atoms with Crippen molar-refractivity contribution in [3.05, 3.63) is 41.5 Å². The molecule has 0 unspecified atom stereocenters. The van der Waals surface area contributed by atoms with Crippen LogP contribution in [-0.4, -0.2) is 30.6 Å². The van der Waals surface area contributed by atoms with E-state index in [4.69, 9.17) is 4.52 Å². The Kier molecular flexibility index (Phi) is 4.57. The number of anilines is 2. The molecule has 0 saturated carbocycles. The van der Waals surface area contributed by atoms with Gasteiger partial charge in [-0.15, -0.1) is 0 Å². The van der Waals surface area contributed by atoms with E-state index in [0.717, 1.165) is 47.5 Å². The summed E-state index contributed by atoms with van der Waals surface area (Å²) in [6.45, 7) is 11.8. The number of ketones is 1. The third-order valence-electron chi connectivity index (χ3n) is 6.29. The van der Waals surface area contributed by atoms with E-state index in [0.29, 0.717) is 34.6 Å². The van der Waals surface area contributed by atoms with Crippen LogP contribution in [0.4, 0.5) is 11.4 Å². The Balaban J connectivity index is 1.75. The van der Waals surface area contributed by atoms with Crippen LogP contribution >= 0.6 is 0 Å². The SMILES string of the molecule is CC(C)CNc1cc(N2C[C@@H](C)C[C@H](C)C2)c2noc3c2c1C(=O)c1ccccc1-3. The topological polar surface area (TPSA) is 58.4 Å². The lowest BCUT2D eigenvalue weighted by atomic mass is 9.85. The summed E-state index contributed by atoms with van der Waals surface area (Å²) < 4.78 is 5.88. The van der Waals surface area contributed by atoms with Crippen LogP contribution in [0.15, 0.2) is 34.9 Å². The third kappa shape index (κ3) is 2.99. The molecule has 2 heterocycles. The molecule has 5 rings (SSSR count). The molecule has 0 radical (unpaired) electrons. The Morgan fingerprint density at radius 3 is 2.57 bits per heavy atom. The average molecular weight is 404 g/mol. The highest BCUT2D eigenvalue weighted by molar-refractivity contribution is 6.28. The predicted octanol–water partition coefficient (Wildman–Crippen LogP) is 5.59. The molecule has 1 N–H and O–H groups in total. The van der Waals surface area contributed by atoms with Crippen molar-refractivity contribution in [3.63, 3.8) is 0 Å². The fourth-order valence-corrected chi connectivity index (χ4v) is 5.10. The summed E-state index contributed by atoms with van der Waals surface area (Å²) in [6.07, 6.45) is 1.24. The third-order valence-corrected chi connectivity index (χ3v) is 6.29. The van der Waals surface area contributed by atoms with Crippen molar-refractivity contribution in [3.8, 4) is 11.3 Å². The summed E-state index contributed by atoms with van der Waals surface area (Å²) in [4.78, 5) is 16.0. The molecule has 1 fully saturated rings. The molecule has 156 valence electrons. The first-order valence-corrected chi connectivity index (χ1v) is 11.0. The van der Waals surface area contributed by atoms with Gasteiger partial charge in [0.25, 0.3) is 0 Å². The molecule has 2 aliphatic rings. The van der Waals surface area contributed by atoms with Crippen LogP contribution in [0.1, 0.15) is 50.0 Å². The van der Waals surface area contributed by atoms with Gasteiger partial charge in [-0.05, 0) is 30.2 Å². The van der Waals surface area contributed by atoms with Gasteiger partial charge >= 0.3 is 0 Å². The molecule has 0 spiro atoms. The standard InChI is InChI=1S/C25H29N3O2/c1-14(2)11-26-19-10-20(28-12-15(3)9-16(4)13-28)23-22-21(19)24(29)17-7-5-6-8-18(17)25(22)30-27-23/h5-8,10,14-16,26H,9,11-13H2,1-4H3/t15-,16-/m0/s1. The molecule has 5 nitrogen and oxygen atoms in total. The molecule has 0 bridgehead atoms. The molecule has 2 aromatic carbocycles. The van der Waals surface area contributed by atoms with E-state index in [1.807, 2.05) is 24.3 Å². The van der Waals surface area contributed by atoms with Crippen molar-refractivity contribution in [2.45, 2.75) is 34.1 Å². The molecule has 5 heteroatoms. The highest BCUT2D eigenvalue weighted by Gasteiger charge is 2.34. The maximum atomic E-state index is 13.5. The Morgan fingerprint density at radius 2 is 1.87 bits per heavy atom. The maximum Gasteiger partial charge on any atom is 0.196 e. The Labute approximate surface area is 177 Å². The van der Waals surface area contributed by atoms with E-state index in [2.05, 4.69) is 49.1 Å². The summed E-state index contributed by atoms with van der Waals surface area (Å²) >= 11 is 0. The number of benzene rings is 2. The highest BCUT2D eigenvalue weighted by Crippen LogP contribution is 2.46. The van der Waals surface area contributed by atoms with Crippen LogP contribution in [0.25, 0.3) is 22.2 Å². The highest BCUT2D eigenvalue weighted by atomic mass is 16.5. The normalized spacial score (nSPS) is 20.7. The van der Waals surface area contributed by atoms with Gasteiger partial charge in [0.1, 0.15) is 5.52 Å². The second-order valence-corrected chi connectivity index (χ2v) is 9.55. The van der Waals surface area contributed by atoms with Crippen LogP contribution in [0.5, 0.6) is 0 Å². The van der Waals surface area contributed by atoms with Crippen molar-refractivity contribution >= 4 is 28.1 Å². The minimum Gasteiger partial charge on any atom is -0.384 e. The Bertz CT molecular complexity index is 1120. The van der Waals surface area contributed by atoms with Gasteiger partial charge < -0.3 is 14.7 Å². The molecular weight excluding hydrogens is 374 g/mol. The number of aromatic nitrogens is 1. The molecule has 1 saturated heterocycles. The number of hydrogen-bond acceptors (Lipinski definition) is 5. The maximum absolute atomic E-state index is 13.5. The largest absolute Gasteiger partial charge is 0.384 e. The van der Waals surface area contributed by atoms with Crippen molar-refractivity contribution in [1.82, 2.24) is 5.16 Å². The van der Waals surface area contributed by atoms with Gasteiger partial charge in [-0.25, -0.2) is 0 Å². The summed E-state index contributed by atoms with van der Waals surface area (Å²) in [5.74, 6) is 2.47. The molecule has 3 aromatic rings. The van der Waals surface area contributed by atoms with Crippen LogP contribution in [-0.2, 0) is 0 Å². The minimum absolute atomic E-state index is 0.0458. The zero-order valence-electron chi connectivity index (χ0n) is 18.2. The second-order valence-electron chi connectivity index (χ2n) is 9.55. The monoisotopic (exact) mass is 403 g/mol. The number of carbonyl (C=O) groups excluding carboxylic acids is 1. The summed E-state index contributed by atoms with van der Waals surface area (Å²) in [5, 5.41) is 8.90. The van der Waals surface area contributed by atoms with Gasteiger partial charge in [0.2, 0.25) is 0 Å². The number of nitrogens with zero attached hydrogens (tertiary/aromatic N) is 2. The quantitative estimate of drug-likeness (QED) is 0.481. The summed E-state index contributed by atoms with van der Waals surface area (Å²) in [5.41, 5.74) is 4.98. The molecule has 2 atom stereocenters. The van der Waals surface area contributed by atoms with Crippen molar-refractivity contribution < 1.29 is 9.32 Å². The Hall–Kier alpha value is -2.82. The lowest BCUT2D eigenvalue weighted by Gasteiger charge is -2.37. The predicted molar refractivity (Wildman–Crippen MR) is 121 cm³/mol. The molecule has 1 aliphatic carbocycles. The average Bonchev–Trinajstić information content (AvgIpc) is 3.15. The van der Waals surface area contributed by atoms with Gasteiger partial charge in [-0.2, -0.15) is 0 Å². The minimum atomic E-state index is 0.0458. The van der Waals surface area contributed by atoms with Crippen LogP contribution < -0.4 is 10.2 Å². The van der Waals surface area contributed by atoms with Crippen LogP contribution in [0.3, 0.4) is 0 Å². The molecule has 1 aliphatic heterocycles. The van der Waals surface area contributed by atoms with E-state index in [1.165, 1.54) is 6.42 Å². The summed E-state index contributed by atoms with van der Waals surface area (Å²) in [7, 11) is 0. The second kappa shape index (κ2) is 7.15. The van der Waals surface area contributed by atoms with E-state index >= 15 is 0 Å². The Morgan fingerprint density at radius 1 is 1.17 bits per heavy atom. The van der Waals surface area contributed by atoms with E-state index in [1.54, 1.807) is 0 Å². The number of nitrogens with one attached hydrogen (secondary N) is 1. The molecule has 1 aromatic heterocycles. The number of rotatable bonds is 4. The van der Waals surface area contributed by atoms with E-state index in [9.17, 15) is 4.79 Å². The van der Waals surface area contributed by atoms with Gasteiger partial charge in [-0.1, -0.05) is 57.1 Å². The molecule has 0 amide bonds. The number of carbonyl (C=O) groups is 1. The molecular formula is C25H29N3O2. The number of fused-ring (bicyclic) bond motifs is 2. The van der Waals surface area contributed by atoms with Crippen LogP contribution in [0.2, 0.25) is 0 Å². The van der Waals surface area contributed by atoms with Gasteiger partial charge in [0.15, 0.2) is 11.5 Å². The van der Waals surface area contributed by atoms with Crippen molar-refractivity contribution in [1.29, 1.82) is 0 Å². The first-order chi connectivity index (χ1) is 14.4. The van der Waals surface area contributed by atoms with Gasteiger partial charge in [0.05, 0.1) is 16.6 Å². The first-order valence-electron chi connectivity index (χ1n) is 11.0. The van der Waals surface area contributed by atoms with Gasteiger partial charge in [0, 0.05) is 36.4 Å². The summed E-state index contributed by atoms with van der Waals surface area (Å²) in [6, 6.07) is 9.81. The number of piperidine rings is 1. The fraction of sp³-hybridized carbons (Fsp3) is 0.440. The van der Waals surface area contributed by atoms with E-state index < -0.39 is 0 Å². The smallest absolute Gasteiger partial charge is 0.196 e. The van der Waals surface area contributed by atoms with Crippen LogP contribution in [0, 0.1) is 17.8 Å². The zero-order valence-corrected chi connectivity index (χ0v) is 18.2. The lowest BCUT2D eigenvalue weighted by molar-refractivity contribution is 0.104. The van der Waals surface area contributed by atoms with Crippen molar-refractivity contribution in [2.75, 3.05) is 29.9 Å². The number of hydrogen-bond donors (Lipinski definition) is 1. The molecule has 30 heavy (non-hydrogen) atoms. The van der Waals surface area contributed by atoms with E-state index in [-0.39, 0.29) is 5.78 Å².